The predicted octanol–water partition coefficient (Wildman–Crippen LogP) is 1.10. The van der Waals surface area contributed by atoms with Crippen LogP contribution in [0.3, 0.4) is 0 Å². The van der Waals surface area contributed by atoms with Crippen LogP contribution in [0.1, 0.15) is 39.5 Å². The van der Waals surface area contributed by atoms with Crippen molar-refractivity contribution in [3.8, 4) is 0 Å². The van der Waals surface area contributed by atoms with Crippen LogP contribution in [0.25, 0.3) is 0 Å². The van der Waals surface area contributed by atoms with Crippen molar-refractivity contribution >= 4 is 11.9 Å². The number of nitrogens with one attached hydrogen (secondary N) is 2. The number of amides is 3. The van der Waals surface area contributed by atoms with Crippen molar-refractivity contribution in [2.45, 2.75) is 45.6 Å². The Morgan fingerprint density at radius 3 is 2.24 bits per heavy atom. The molecule has 1 aliphatic carbocycles. The van der Waals surface area contributed by atoms with Gasteiger partial charge in [-0.05, 0) is 25.7 Å². The molecule has 1 aliphatic rings. The number of carbonyl (C=O) groups excluding carboxylic acids is 2. The van der Waals surface area contributed by atoms with E-state index in [2.05, 4.69) is 10.6 Å². The molecule has 2 N–H and O–H groups in total. The van der Waals surface area contributed by atoms with Crippen LogP contribution in [-0.4, -0.2) is 42.5 Å². The van der Waals surface area contributed by atoms with Gasteiger partial charge in [0.25, 0.3) is 0 Å². The second-order valence-electron chi connectivity index (χ2n) is 4.48. The topological polar surface area (TPSA) is 61.4 Å². The van der Waals surface area contributed by atoms with E-state index in [-0.39, 0.29) is 18.5 Å². The fraction of sp³-hybridized carbons (Fsp3) is 0.833. The third-order valence-electron chi connectivity index (χ3n) is 2.65. The fourth-order valence-electron chi connectivity index (χ4n) is 1.63. The first kappa shape index (κ1) is 13.8. The monoisotopic (exact) mass is 241 g/mol. The Kier molecular flexibility index (Phi) is 5.80. The highest BCUT2D eigenvalue weighted by molar-refractivity contribution is 5.84. The Hall–Kier alpha value is -1.26. The highest BCUT2D eigenvalue weighted by Crippen LogP contribution is 2.18. The predicted molar refractivity (Wildman–Crippen MR) is 66.7 cm³/mol. The van der Waals surface area contributed by atoms with Crippen molar-refractivity contribution in [1.82, 2.24) is 15.5 Å². The van der Waals surface area contributed by atoms with Gasteiger partial charge in [0.2, 0.25) is 5.91 Å². The highest BCUT2D eigenvalue weighted by atomic mass is 16.2. The number of urea groups is 1. The van der Waals surface area contributed by atoms with Crippen LogP contribution in [0.5, 0.6) is 0 Å². The molecule has 0 spiro atoms. The number of nitrogens with zero attached hydrogens (tertiary/aromatic N) is 1. The zero-order valence-corrected chi connectivity index (χ0v) is 10.8. The molecule has 0 saturated heterocycles. The molecule has 0 aromatic carbocycles. The van der Waals surface area contributed by atoms with Gasteiger partial charge < -0.3 is 15.5 Å². The van der Waals surface area contributed by atoms with E-state index in [9.17, 15) is 9.59 Å². The molecule has 5 nitrogen and oxygen atoms in total. The van der Waals surface area contributed by atoms with E-state index in [0.717, 1.165) is 38.8 Å². The molecule has 98 valence electrons. The van der Waals surface area contributed by atoms with Crippen molar-refractivity contribution < 1.29 is 9.59 Å². The normalized spacial score (nSPS) is 14.2. The Labute approximate surface area is 103 Å². The molecule has 0 aromatic heterocycles. The quantitative estimate of drug-likeness (QED) is 0.701. The summed E-state index contributed by atoms with van der Waals surface area (Å²) in [5, 5.41) is 5.40. The first-order valence-electron chi connectivity index (χ1n) is 6.49. The fourth-order valence-corrected chi connectivity index (χ4v) is 1.63. The van der Waals surface area contributed by atoms with Gasteiger partial charge in [0.1, 0.15) is 0 Å². The molecule has 0 radical (unpaired) electrons. The van der Waals surface area contributed by atoms with Gasteiger partial charge in [0, 0.05) is 19.1 Å². The molecule has 3 amide bonds. The van der Waals surface area contributed by atoms with E-state index in [4.69, 9.17) is 0 Å². The largest absolute Gasteiger partial charge is 0.341 e. The maximum Gasteiger partial charge on any atom is 0.315 e. The summed E-state index contributed by atoms with van der Waals surface area (Å²) in [6.07, 6.45) is 4.00. The first-order chi connectivity index (χ1) is 8.17. The Balaban J connectivity index is 2.22. The van der Waals surface area contributed by atoms with Gasteiger partial charge in [-0.1, -0.05) is 13.8 Å². The minimum atomic E-state index is -0.228. The van der Waals surface area contributed by atoms with E-state index in [1.54, 1.807) is 4.90 Å². The standard InChI is InChI=1S/C12H23N3O2/c1-3-7-15(8-4-2)11(16)9-13-12(17)14-10-5-6-10/h10H,3-9H2,1-2H3,(H2,13,14,17). The lowest BCUT2D eigenvalue weighted by Gasteiger charge is -2.21. The van der Waals surface area contributed by atoms with Gasteiger partial charge in [0.15, 0.2) is 0 Å². The number of rotatable bonds is 7. The minimum Gasteiger partial charge on any atom is -0.341 e. The molecule has 1 rings (SSSR count). The van der Waals surface area contributed by atoms with Crippen LogP contribution in [0.15, 0.2) is 0 Å². The maximum absolute atomic E-state index is 11.8. The summed E-state index contributed by atoms with van der Waals surface area (Å²) in [5.41, 5.74) is 0. The molecule has 0 heterocycles. The van der Waals surface area contributed by atoms with Gasteiger partial charge in [-0.25, -0.2) is 4.79 Å². The average molecular weight is 241 g/mol. The Bertz CT molecular complexity index is 258. The van der Waals surface area contributed by atoms with Crippen LogP contribution in [0.4, 0.5) is 4.79 Å². The van der Waals surface area contributed by atoms with E-state index in [1.807, 2.05) is 13.8 Å². The van der Waals surface area contributed by atoms with Crippen LogP contribution in [0.2, 0.25) is 0 Å². The van der Waals surface area contributed by atoms with Crippen LogP contribution < -0.4 is 10.6 Å². The van der Waals surface area contributed by atoms with Gasteiger partial charge in [-0.15, -0.1) is 0 Å². The molecule has 0 atom stereocenters. The van der Waals surface area contributed by atoms with Gasteiger partial charge >= 0.3 is 6.03 Å². The number of carbonyl (C=O) groups is 2. The van der Waals surface area contributed by atoms with E-state index in [1.165, 1.54) is 0 Å². The van der Waals surface area contributed by atoms with E-state index in [0.29, 0.717) is 6.04 Å². The zero-order valence-electron chi connectivity index (χ0n) is 10.8. The van der Waals surface area contributed by atoms with E-state index < -0.39 is 0 Å². The van der Waals surface area contributed by atoms with Crippen molar-refractivity contribution in [2.24, 2.45) is 0 Å². The maximum atomic E-state index is 11.8. The Morgan fingerprint density at radius 2 is 1.76 bits per heavy atom. The van der Waals surface area contributed by atoms with Crippen LogP contribution >= 0.6 is 0 Å². The smallest absolute Gasteiger partial charge is 0.315 e. The van der Waals surface area contributed by atoms with Crippen molar-refractivity contribution in [3.05, 3.63) is 0 Å². The molecular weight excluding hydrogens is 218 g/mol. The average Bonchev–Trinajstić information content (AvgIpc) is 3.09. The molecule has 0 unspecified atom stereocenters. The molecule has 5 heteroatoms. The summed E-state index contributed by atoms with van der Waals surface area (Å²) in [7, 11) is 0. The molecule has 0 aliphatic heterocycles. The lowest BCUT2D eigenvalue weighted by Crippen LogP contribution is -2.44. The molecular formula is C12H23N3O2. The number of hydrogen-bond donors (Lipinski definition) is 2. The highest BCUT2D eigenvalue weighted by Gasteiger charge is 2.23. The number of hydrogen-bond acceptors (Lipinski definition) is 2. The van der Waals surface area contributed by atoms with Gasteiger partial charge in [0.05, 0.1) is 6.54 Å². The second kappa shape index (κ2) is 7.14. The lowest BCUT2D eigenvalue weighted by atomic mass is 10.3. The summed E-state index contributed by atoms with van der Waals surface area (Å²) in [6.45, 7) is 5.71. The summed E-state index contributed by atoms with van der Waals surface area (Å²) in [6, 6.07) is 0.0984. The van der Waals surface area contributed by atoms with E-state index >= 15 is 0 Å². The third kappa shape index (κ3) is 5.56. The minimum absolute atomic E-state index is 0.000327. The van der Waals surface area contributed by atoms with Crippen molar-refractivity contribution in [1.29, 1.82) is 0 Å². The molecule has 0 aromatic rings. The molecule has 1 fully saturated rings. The summed E-state index contributed by atoms with van der Waals surface area (Å²) >= 11 is 0. The molecule has 0 bridgehead atoms. The van der Waals surface area contributed by atoms with Gasteiger partial charge in [-0.3, -0.25) is 4.79 Å². The molecule has 17 heavy (non-hydrogen) atoms. The molecule has 1 saturated carbocycles. The Morgan fingerprint density at radius 1 is 1.18 bits per heavy atom. The van der Waals surface area contributed by atoms with Crippen LogP contribution in [0, 0.1) is 0 Å². The first-order valence-corrected chi connectivity index (χ1v) is 6.49. The third-order valence-corrected chi connectivity index (χ3v) is 2.65. The SMILES string of the molecule is CCCN(CCC)C(=O)CNC(=O)NC1CC1. The second-order valence-corrected chi connectivity index (χ2v) is 4.48. The van der Waals surface area contributed by atoms with Gasteiger partial charge in [-0.2, -0.15) is 0 Å². The van der Waals surface area contributed by atoms with Crippen LogP contribution in [-0.2, 0) is 4.79 Å². The van der Waals surface area contributed by atoms with Crippen molar-refractivity contribution in [3.63, 3.8) is 0 Å². The lowest BCUT2D eigenvalue weighted by molar-refractivity contribution is -0.130. The summed E-state index contributed by atoms with van der Waals surface area (Å²) in [4.78, 5) is 25.0. The summed E-state index contributed by atoms with van der Waals surface area (Å²) in [5.74, 6) is -0.000327. The van der Waals surface area contributed by atoms with Crippen molar-refractivity contribution in [2.75, 3.05) is 19.6 Å². The zero-order chi connectivity index (χ0) is 12.7. The summed E-state index contributed by atoms with van der Waals surface area (Å²) < 4.78 is 0.